The third kappa shape index (κ3) is 2.17. The van der Waals surface area contributed by atoms with Gasteiger partial charge in [-0.15, -0.1) is 0 Å². The Morgan fingerprint density at radius 1 is 0.750 bits per heavy atom. The molecule has 0 aliphatic rings. The average molecular weight is 266 g/mol. The van der Waals surface area contributed by atoms with Gasteiger partial charge in [-0.05, 0) is 32.7 Å². The zero-order valence-electron chi connectivity index (χ0n) is 11.8. The van der Waals surface area contributed by atoms with E-state index in [-0.39, 0.29) is 0 Å². The van der Waals surface area contributed by atoms with Crippen molar-refractivity contribution in [1.29, 1.82) is 0 Å². The van der Waals surface area contributed by atoms with Crippen molar-refractivity contribution in [1.82, 2.24) is 0 Å². The largest absolute Gasteiger partial charge is 0.380 e. The maximum Gasteiger partial charge on any atom is 0.0722 e. The monoisotopic (exact) mass is 266 g/mol. The summed E-state index contributed by atoms with van der Waals surface area (Å²) in [4.78, 5) is 0. The third-order valence-corrected chi connectivity index (χ3v) is 3.70. The van der Waals surface area contributed by atoms with E-state index in [0.717, 1.165) is 0 Å². The molecule has 0 unspecified atom stereocenters. The van der Waals surface area contributed by atoms with Crippen molar-refractivity contribution in [3.05, 3.63) is 59.7 Å². The van der Waals surface area contributed by atoms with Gasteiger partial charge in [0.2, 0.25) is 0 Å². The fourth-order valence-corrected chi connectivity index (χ4v) is 2.82. The highest BCUT2D eigenvalue weighted by Crippen LogP contribution is 2.31. The topological polar surface area (TPSA) is 18.5 Å². The molecule has 3 aromatic carbocycles. The molecular formula is C18H18O2. The molecule has 3 aromatic rings. The summed E-state index contributed by atoms with van der Waals surface area (Å²) >= 11 is 0. The van der Waals surface area contributed by atoms with E-state index >= 15 is 0 Å². The predicted octanol–water partition coefficient (Wildman–Crippen LogP) is 4.29. The molecule has 0 aromatic heterocycles. The lowest BCUT2D eigenvalue weighted by Gasteiger charge is -2.14. The van der Waals surface area contributed by atoms with Gasteiger partial charge in [0.05, 0.1) is 13.2 Å². The molecule has 0 atom stereocenters. The van der Waals surface area contributed by atoms with Crippen LogP contribution in [-0.4, -0.2) is 14.2 Å². The molecule has 0 radical (unpaired) electrons. The lowest BCUT2D eigenvalue weighted by atomic mass is 9.94. The zero-order valence-corrected chi connectivity index (χ0v) is 11.8. The van der Waals surface area contributed by atoms with Crippen LogP contribution in [0, 0.1) is 0 Å². The van der Waals surface area contributed by atoms with Crippen LogP contribution in [0.2, 0.25) is 0 Å². The fourth-order valence-electron chi connectivity index (χ4n) is 2.82. The van der Waals surface area contributed by atoms with Gasteiger partial charge in [0.25, 0.3) is 0 Å². The second-order valence-electron chi connectivity index (χ2n) is 4.95. The van der Waals surface area contributed by atoms with Gasteiger partial charge in [-0.3, -0.25) is 0 Å². The van der Waals surface area contributed by atoms with Crippen LogP contribution in [0.3, 0.4) is 0 Å². The molecule has 102 valence electrons. The van der Waals surface area contributed by atoms with Crippen molar-refractivity contribution >= 4 is 21.5 Å². The number of ether oxygens (including phenoxy) is 2. The lowest BCUT2D eigenvalue weighted by molar-refractivity contribution is 0.169. The highest BCUT2D eigenvalue weighted by molar-refractivity contribution is 6.09. The van der Waals surface area contributed by atoms with E-state index in [4.69, 9.17) is 9.47 Å². The molecule has 0 bridgehead atoms. The van der Waals surface area contributed by atoms with E-state index in [1.807, 2.05) is 0 Å². The van der Waals surface area contributed by atoms with Gasteiger partial charge in [-0.25, -0.2) is 0 Å². The minimum atomic E-state index is 0.601. The Balaban J connectivity index is 2.40. The van der Waals surface area contributed by atoms with Gasteiger partial charge in [-0.2, -0.15) is 0 Å². The van der Waals surface area contributed by atoms with E-state index in [1.165, 1.54) is 32.7 Å². The zero-order chi connectivity index (χ0) is 13.9. The summed E-state index contributed by atoms with van der Waals surface area (Å²) in [5.41, 5.74) is 2.42. The molecule has 0 N–H and O–H groups in total. The Morgan fingerprint density at radius 3 is 2.25 bits per heavy atom. The van der Waals surface area contributed by atoms with Crippen LogP contribution in [-0.2, 0) is 22.7 Å². The normalized spacial score (nSPS) is 11.3. The molecule has 3 rings (SSSR count). The summed E-state index contributed by atoms with van der Waals surface area (Å²) in [7, 11) is 3.46. The molecule has 20 heavy (non-hydrogen) atoms. The Bertz CT molecular complexity index is 747. The third-order valence-electron chi connectivity index (χ3n) is 3.70. The number of hydrogen-bond donors (Lipinski definition) is 0. The van der Waals surface area contributed by atoms with Crippen molar-refractivity contribution in [3.8, 4) is 0 Å². The Kier molecular flexibility index (Phi) is 3.68. The highest BCUT2D eigenvalue weighted by atomic mass is 16.5. The van der Waals surface area contributed by atoms with Crippen molar-refractivity contribution in [2.45, 2.75) is 13.2 Å². The van der Waals surface area contributed by atoms with Crippen LogP contribution in [0.5, 0.6) is 0 Å². The lowest BCUT2D eigenvalue weighted by Crippen LogP contribution is -1.99. The first-order chi connectivity index (χ1) is 9.85. The van der Waals surface area contributed by atoms with Gasteiger partial charge in [-0.1, -0.05) is 48.5 Å². The fraction of sp³-hybridized carbons (Fsp3) is 0.222. The van der Waals surface area contributed by atoms with Crippen LogP contribution in [0.4, 0.5) is 0 Å². The quantitative estimate of drug-likeness (QED) is 0.656. The van der Waals surface area contributed by atoms with E-state index < -0.39 is 0 Å². The molecular weight excluding hydrogens is 248 g/mol. The van der Waals surface area contributed by atoms with Gasteiger partial charge in [0, 0.05) is 14.2 Å². The maximum absolute atomic E-state index is 5.42. The first-order valence-corrected chi connectivity index (χ1v) is 6.75. The number of benzene rings is 3. The number of rotatable bonds is 4. The van der Waals surface area contributed by atoms with Crippen LogP contribution < -0.4 is 0 Å². The summed E-state index contributed by atoms with van der Waals surface area (Å²) in [6.07, 6.45) is 0. The minimum absolute atomic E-state index is 0.601. The molecule has 2 heteroatoms. The summed E-state index contributed by atoms with van der Waals surface area (Å²) in [6.45, 7) is 1.21. The second-order valence-corrected chi connectivity index (χ2v) is 4.95. The highest BCUT2D eigenvalue weighted by Gasteiger charge is 2.10. The number of hydrogen-bond acceptors (Lipinski definition) is 2. The molecule has 2 nitrogen and oxygen atoms in total. The van der Waals surface area contributed by atoms with Crippen LogP contribution in [0.15, 0.2) is 48.5 Å². The summed E-state index contributed by atoms with van der Waals surface area (Å²) in [6, 6.07) is 17.1. The molecule has 0 heterocycles. The van der Waals surface area contributed by atoms with E-state index in [9.17, 15) is 0 Å². The van der Waals surface area contributed by atoms with Crippen molar-refractivity contribution in [2.24, 2.45) is 0 Å². The van der Waals surface area contributed by atoms with E-state index in [2.05, 4.69) is 48.5 Å². The molecule has 0 spiro atoms. The molecule has 0 saturated carbocycles. The van der Waals surface area contributed by atoms with Gasteiger partial charge < -0.3 is 9.47 Å². The van der Waals surface area contributed by atoms with E-state index in [0.29, 0.717) is 13.2 Å². The Labute approximate surface area is 118 Å². The maximum atomic E-state index is 5.42. The molecule has 0 amide bonds. The molecule has 0 aliphatic heterocycles. The van der Waals surface area contributed by atoms with E-state index in [1.54, 1.807) is 14.2 Å². The van der Waals surface area contributed by atoms with Gasteiger partial charge in [0.15, 0.2) is 0 Å². The summed E-state index contributed by atoms with van der Waals surface area (Å²) in [5, 5.41) is 5.05. The molecule has 0 fully saturated rings. The number of methoxy groups -OCH3 is 2. The van der Waals surface area contributed by atoms with Crippen LogP contribution in [0.25, 0.3) is 21.5 Å². The molecule has 0 saturated heterocycles. The SMILES string of the molecule is COCc1ccc2ccc3ccccc3c2c1COC. The van der Waals surface area contributed by atoms with Crippen molar-refractivity contribution in [3.63, 3.8) is 0 Å². The van der Waals surface area contributed by atoms with Crippen molar-refractivity contribution in [2.75, 3.05) is 14.2 Å². The van der Waals surface area contributed by atoms with Crippen molar-refractivity contribution < 1.29 is 9.47 Å². The first-order valence-electron chi connectivity index (χ1n) is 6.75. The smallest absolute Gasteiger partial charge is 0.0722 e. The predicted molar refractivity (Wildman–Crippen MR) is 82.9 cm³/mol. The summed E-state index contributed by atoms with van der Waals surface area (Å²) in [5.74, 6) is 0. The van der Waals surface area contributed by atoms with Gasteiger partial charge >= 0.3 is 0 Å². The Hall–Kier alpha value is -1.90. The first kappa shape index (κ1) is 13.1. The standard InChI is InChI=1S/C18H18O2/c1-19-11-15-10-9-14-8-7-13-5-3-4-6-16(13)18(14)17(15)12-20-2/h3-10H,11-12H2,1-2H3. The average Bonchev–Trinajstić information content (AvgIpc) is 2.49. The molecule has 0 aliphatic carbocycles. The number of fused-ring (bicyclic) bond motifs is 3. The van der Waals surface area contributed by atoms with Crippen LogP contribution >= 0.6 is 0 Å². The Morgan fingerprint density at radius 2 is 1.45 bits per heavy atom. The van der Waals surface area contributed by atoms with Gasteiger partial charge in [0.1, 0.15) is 0 Å². The minimum Gasteiger partial charge on any atom is -0.380 e. The van der Waals surface area contributed by atoms with Crippen LogP contribution in [0.1, 0.15) is 11.1 Å². The summed E-state index contributed by atoms with van der Waals surface area (Å²) < 4.78 is 10.7. The second kappa shape index (κ2) is 5.61.